The number of halogens is 1. The summed E-state index contributed by atoms with van der Waals surface area (Å²) in [6.07, 6.45) is 2.10. The highest BCUT2D eigenvalue weighted by Gasteiger charge is 1.96. The first-order valence-corrected chi connectivity index (χ1v) is 6.62. The van der Waals surface area contributed by atoms with Gasteiger partial charge in [-0.05, 0) is 30.2 Å². The Morgan fingerprint density at radius 2 is 2.29 bits per heavy atom. The zero-order valence-electron chi connectivity index (χ0n) is 10.5. The zero-order chi connectivity index (χ0) is 11.8. The second-order valence-electron chi connectivity index (χ2n) is 4.21. The van der Waals surface area contributed by atoms with Gasteiger partial charge in [0.2, 0.25) is 0 Å². The van der Waals surface area contributed by atoms with E-state index in [1.807, 2.05) is 0 Å². The number of nitrogens with zero attached hydrogens (tertiary/aromatic N) is 1. The van der Waals surface area contributed by atoms with E-state index in [0.29, 0.717) is 11.9 Å². The molecule has 17 heavy (non-hydrogen) atoms. The van der Waals surface area contributed by atoms with Crippen LogP contribution in [0.15, 0.2) is 22.5 Å². The molecule has 1 rings (SSSR count). The van der Waals surface area contributed by atoms with E-state index in [0.717, 1.165) is 25.9 Å². The Labute approximate surface area is 125 Å². The lowest BCUT2D eigenvalue weighted by atomic mass is 10.1. The monoisotopic (exact) mass is 367 g/mol. The molecule has 5 heteroatoms. The average molecular weight is 367 g/mol. The van der Waals surface area contributed by atoms with Crippen LogP contribution in [-0.2, 0) is 6.42 Å². The number of rotatable bonds is 6. The van der Waals surface area contributed by atoms with Crippen LogP contribution in [0.5, 0.6) is 0 Å². The standard InChI is InChI=1S/C12H21N3S.HI/c1-10(2)5-7-14-12(13)15-8-6-11-4-3-9-16-11;/h3-4,9-10H,5-8H2,1-2H3,(H3,13,14,15);1H. The van der Waals surface area contributed by atoms with Crippen molar-refractivity contribution in [3.05, 3.63) is 22.4 Å². The van der Waals surface area contributed by atoms with Crippen molar-refractivity contribution in [3.63, 3.8) is 0 Å². The van der Waals surface area contributed by atoms with Crippen LogP contribution < -0.4 is 11.1 Å². The number of aliphatic imine (C=N–C) groups is 1. The van der Waals surface area contributed by atoms with Crippen LogP contribution in [0.4, 0.5) is 0 Å². The molecule has 1 aromatic rings. The van der Waals surface area contributed by atoms with E-state index < -0.39 is 0 Å². The molecule has 0 aliphatic heterocycles. The van der Waals surface area contributed by atoms with Crippen molar-refractivity contribution in [1.29, 1.82) is 0 Å². The van der Waals surface area contributed by atoms with Crippen LogP contribution in [0.25, 0.3) is 0 Å². The molecular formula is C12H22IN3S. The fourth-order valence-electron chi connectivity index (χ4n) is 1.27. The van der Waals surface area contributed by atoms with Gasteiger partial charge >= 0.3 is 0 Å². The number of hydrogen-bond donors (Lipinski definition) is 2. The highest BCUT2D eigenvalue weighted by atomic mass is 127. The molecule has 0 saturated heterocycles. The van der Waals surface area contributed by atoms with Gasteiger partial charge in [0.25, 0.3) is 0 Å². The van der Waals surface area contributed by atoms with Crippen molar-refractivity contribution in [1.82, 2.24) is 5.32 Å². The van der Waals surface area contributed by atoms with E-state index in [-0.39, 0.29) is 24.0 Å². The molecule has 0 unspecified atom stereocenters. The largest absolute Gasteiger partial charge is 0.370 e. The molecule has 0 bridgehead atoms. The molecule has 98 valence electrons. The first-order chi connectivity index (χ1) is 7.68. The van der Waals surface area contributed by atoms with Crippen LogP contribution in [0.2, 0.25) is 0 Å². The lowest BCUT2D eigenvalue weighted by molar-refractivity contribution is 0.595. The number of thiophene rings is 1. The lowest BCUT2D eigenvalue weighted by Gasteiger charge is -2.05. The van der Waals surface area contributed by atoms with Gasteiger partial charge in [0, 0.05) is 18.0 Å². The summed E-state index contributed by atoms with van der Waals surface area (Å²) < 4.78 is 0. The van der Waals surface area contributed by atoms with Gasteiger partial charge in [-0.1, -0.05) is 19.9 Å². The van der Waals surface area contributed by atoms with Crippen molar-refractivity contribution >= 4 is 41.3 Å². The van der Waals surface area contributed by atoms with E-state index in [4.69, 9.17) is 5.73 Å². The first-order valence-electron chi connectivity index (χ1n) is 5.74. The Morgan fingerprint density at radius 1 is 1.53 bits per heavy atom. The highest BCUT2D eigenvalue weighted by Crippen LogP contribution is 2.07. The molecule has 0 fully saturated rings. The summed E-state index contributed by atoms with van der Waals surface area (Å²) in [6, 6.07) is 4.21. The lowest BCUT2D eigenvalue weighted by Crippen LogP contribution is -2.33. The van der Waals surface area contributed by atoms with Gasteiger partial charge in [-0.2, -0.15) is 0 Å². The van der Waals surface area contributed by atoms with Crippen LogP contribution in [0.1, 0.15) is 25.1 Å². The highest BCUT2D eigenvalue weighted by molar-refractivity contribution is 14.0. The Hall–Kier alpha value is -0.300. The molecular weight excluding hydrogens is 345 g/mol. The van der Waals surface area contributed by atoms with E-state index in [2.05, 4.69) is 41.7 Å². The summed E-state index contributed by atoms with van der Waals surface area (Å²) in [7, 11) is 0. The maximum absolute atomic E-state index is 5.74. The summed E-state index contributed by atoms with van der Waals surface area (Å²) >= 11 is 1.78. The van der Waals surface area contributed by atoms with E-state index >= 15 is 0 Å². The zero-order valence-corrected chi connectivity index (χ0v) is 13.6. The summed E-state index contributed by atoms with van der Waals surface area (Å²) in [4.78, 5) is 5.65. The van der Waals surface area contributed by atoms with Gasteiger partial charge in [-0.3, -0.25) is 4.99 Å². The number of nitrogens with one attached hydrogen (secondary N) is 1. The van der Waals surface area contributed by atoms with Crippen molar-refractivity contribution < 1.29 is 0 Å². The third-order valence-electron chi connectivity index (χ3n) is 2.25. The van der Waals surface area contributed by atoms with Crippen molar-refractivity contribution in [3.8, 4) is 0 Å². The van der Waals surface area contributed by atoms with Crippen molar-refractivity contribution in [2.24, 2.45) is 16.6 Å². The molecule has 3 N–H and O–H groups in total. The van der Waals surface area contributed by atoms with Gasteiger partial charge in [0.15, 0.2) is 5.96 Å². The van der Waals surface area contributed by atoms with Gasteiger partial charge in [-0.15, -0.1) is 35.3 Å². The summed E-state index contributed by atoms with van der Waals surface area (Å²) in [6.45, 7) is 6.05. The predicted octanol–water partition coefficient (Wildman–Crippen LogP) is 2.86. The molecule has 1 heterocycles. The Morgan fingerprint density at radius 3 is 2.88 bits per heavy atom. The molecule has 1 aromatic heterocycles. The summed E-state index contributed by atoms with van der Waals surface area (Å²) in [5, 5.41) is 5.22. The molecule has 0 aromatic carbocycles. The van der Waals surface area contributed by atoms with Gasteiger partial charge in [0.05, 0.1) is 0 Å². The van der Waals surface area contributed by atoms with E-state index in [9.17, 15) is 0 Å². The fraction of sp³-hybridized carbons (Fsp3) is 0.583. The Bertz CT molecular complexity index is 310. The fourth-order valence-corrected chi connectivity index (χ4v) is 1.98. The van der Waals surface area contributed by atoms with Crippen LogP contribution in [-0.4, -0.2) is 19.0 Å². The second kappa shape index (κ2) is 9.70. The van der Waals surface area contributed by atoms with Gasteiger partial charge in [0.1, 0.15) is 0 Å². The SMILES string of the molecule is CC(C)CCN=C(N)NCCc1cccs1.I. The van der Waals surface area contributed by atoms with Crippen LogP contribution in [0.3, 0.4) is 0 Å². The number of nitrogens with two attached hydrogens (primary N) is 1. The maximum Gasteiger partial charge on any atom is 0.188 e. The van der Waals surface area contributed by atoms with E-state index in [1.54, 1.807) is 11.3 Å². The first kappa shape index (κ1) is 16.7. The maximum atomic E-state index is 5.74. The quantitative estimate of drug-likeness (QED) is 0.462. The van der Waals surface area contributed by atoms with Crippen LogP contribution >= 0.6 is 35.3 Å². The molecule has 0 radical (unpaired) electrons. The van der Waals surface area contributed by atoms with Gasteiger partial charge < -0.3 is 11.1 Å². The Kier molecular flexibility index (Phi) is 9.53. The van der Waals surface area contributed by atoms with Gasteiger partial charge in [-0.25, -0.2) is 0 Å². The van der Waals surface area contributed by atoms with Crippen molar-refractivity contribution in [2.45, 2.75) is 26.7 Å². The smallest absolute Gasteiger partial charge is 0.188 e. The third kappa shape index (κ3) is 8.43. The van der Waals surface area contributed by atoms with E-state index in [1.165, 1.54) is 4.88 Å². The molecule has 0 saturated carbocycles. The Balaban J connectivity index is 0.00000256. The second-order valence-corrected chi connectivity index (χ2v) is 5.24. The summed E-state index contributed by atoms with van der Waals surface area (Å²) in [5.74, 6) is 1.25. The molecule has 0 spiro atoms. The third-order valence-corrected chi connectivity index (χ3v) is 3.18. The molecule has 0 amide bonds. The predicted molar refractivity (Wildman–Crippen MR) is 87.4 cm³/mol. The normalized spacial score (nSPS) is 11.4. The molecule has 0 aliphatic carbocycles. The minimum Gasteiger partial charge on any atom is -0.370 e. The minimum absolute atomic E-state index is 0. The molecule has 3 nitrogen and oxygen atoms in total. The average Bonchev–Trinajstić information content (AvgIpc) is 2.70. The van der Waals surface area contributed by atoms with Crippen LogP contribution in [0, 0.1) is 5.92 Å². The van der Waals surface area contributed by atoms with Crippen molar-refractivity contribution in [2.75, 3.05) is 13.1 Å². The summed E-state index contributed by atoms with van der Waals surface area (Å²) in [5.41, 5.74) is 5.74. The molecule has 0 aliphatic rings. The molecule has 0 atom stereocenters. The minimum atomic E-state index is 0. The topological polar surface area (TPSA) is 50.4 Å². The number of guanidine groups is 1. The number of hydrogen-bond acceptors (Lipinski definition) is 2.